The summed E-state index contributed by atoms with van der Waals surface area (Å²) in [7, 11) is 2.07. The van der Waals surface area contributed by atoms with Crippen molar-refractivity contribution >= 4 is 38.8 Å². The smallest absolute Gasteiger partial charge is 0.105 e. The van der Waals surface area contributed by atoms with Gasteiger partial charge in [0.1, 0.15) is 4.99 Å². The third-order valence-electron chi connectivity index (χ3n) is 3.20. The van der Waals surface area contributed by atoms with E-state index in [0.29, 0.717) is 4.99 Å². The van der Waals surface area contributed by atoms with E-state index in [2.05, 4.69) is 59.1 Å². The molecule has 0 saturated heterocycles. The van der Waals surface area contributed by atoms with Crippen LogP contribution in [0.2, 0.25) is 0 Å². The maximum absolute atomic E-state index is 5.67. The number of benzene rings is 2. The fourth-order valence-corrected chi connectivity index (χ4v) is 2.89. The summed E-state index contributed by atoms with van der Waals surface area (Å²) in [6, 6.07) is 14.6. The van der Waals surface area contributed by atoms with E-state index in [1.54, 1.807) is 0 Å². The largest absolute Gasteiger partial charge is 0.389 e. The Morgan fingerprint density at radius 2 is 1.85 bits per heavy atom. The number of anilines is 1. The SMILES string of the molecule is Cc1ccc(CN(C)c2ccc(C(N)=S)c(Br)c2)cc1. The molecule has 0 amide bonds. The topological polar surface area (TPSA) is 29.3 Å². The van der Waals surface area contributed by atoms with E-state index in [4.69, 9.17) is 18.0 Å². The van der Waals surface area contributed by atoms with Crippen LogP contribution in [-0.2, 0) is 6.54 Å². The summed E-state index contributed by atoms with van der Waals surface area (Å²) in [5, 5.41) is 0. The summed E-state index contributed by atoms with van der Waals surface area (Å²) in [5.41, 5.74) is 10.2. The molecule has 0 bridgehead atoms. The zero-order chi connectivity index (χ0) is 14.7. The van der Waals surface area contributed by atoms with Crippen LogP contribution in [0.1, 0.15) is 16.7 Å². The van der Waals surface area contributed by atoms with Crippen LogP contribution in [-0.4, -0.2) is 12.0 Å². The van der Waals surface area contributed by atoms with Gasteiger partial charge >= 0.3 is 0 Å². The molecular formula is C16H17BrN2S. The maximum atomic E-state index is 5.67. The van der Waals surface area contributed by atoms with E-state index in [1.807, 2.05) is 18.2 Å². The first-order valence-corrected chi connectivity index (χ1v) is 7.53. The molecule has 0 atom stereocenters. The fraction of sp³-hybridized carbons (Fsp3) is 0.188. The number of hydrogen-bond acceptors (Lipinski definition) is 2. The Bertz CT molecular complexity index is 623. The van der Waals surface area contributed by atoms with Gasteiger partial charge in [-0.2, -0.15) is 0 Å². The molecule has 0 aliphatic rings. The Labute approximate surface area is 133 Å². The van der Waals surface area contributed by atoms with Crippen LogP contribution in [0.5, 0.6) is 0 Å². The van der Waals surface area contributed by atoms with E-state index in [-0.39, 0.29) is 0 Å². The van der Waals surface area contributed by atoms with Gasteiger partial charge in [0.2, 0.25) is 0 Å². The Hall–Kier alpha value is -1.39. The molecule has 0 aromatic heterocycles. The van der Waals surface area contributed by atoms with E-state index < -0.39 is 0 Å². The van der Waals surface area contributed by atoms with Crippen LogP contribution in [0, 0.1) is 6.92 Å². The van der Waals surface area contributed by atoms with Gasteiger partial charge in [-0.3, -0.25) is 0 Å². The van der Waals surface area contributed by atoms with E-state index in [1.165, 1.54) is 11.1 Å². The first-order chi connectivity index (χ1) is 9.47. The van der Waals surface area contributed by atoms with Crippen LogP contribution in [0.25, 0.3) is 0 Å². The van der Waals surface area contributed by atoms with Crippen molar-refractivity contribution < 1.29 is 0 Å². The average molecular weight is 349 g/mol. The van der Waals surface area contributed by atoms with Crippen LogP contribution < -0.4 is 10.6 Å². The zero-order valence-corrected chi connectivity index (χ0v) is 14.0. The first kappa shape index (κ1) is 15.0. The lowest BCUT2D eigenvalue weighted by Gasteiger charge is -2.20. The molecule has 2 rings (SSSR count). The third kappa shape index (κ3) is 3.58. The number of hydrogen-bond donors (Lipinski definition) is 1. The number of thiocarbonyl (C=S) groups is 1. The van der Waals surface area contributed by atoms with E-state index in [0.717, 1.165) is 22.3 Å². The van der Waals surface area contributed by atoms with Gasteiger partial charge in [-0.1, -0.05) is 42.0 Å². The minimum absolute atomic E-state index is 0.407. The highest BCUT2D eigenvalue weighted by atomic mass is 79.9. The lowest BCUT2D eigenvalue weighted by molar-refractivity contribution is 0.922. The van der Waals surface area contributed by atoms with Crippen molar-refractivity contribution in [2.45, 2.75) is 13.5 Å². The normalized spacial score (nSPS) is 10.3. The molecular weight excluding hydrogens is 332 g/mol. The Morgan fingerprint density at radius 3 is 2.40 bits per heavy atom. The van der Waals surface area contributed by atoms with Crippen molar-refractivity contribution in [3.05, 3.63) is 63.6 Å². The van der Waals surface area contributed by atoms with Gasteiger partial charge in [-0.25, -0.2) is 0 Å². The Balaban J connectivity index is 2.17. The second kappa shape index (κ2) is 6.37. The maximum Gasteiger partial charge on any atom is 0.105 e. The molecule has 0 radical (unpaired) electrons. The molecule has 2 nitrogen and oxygen atoms in total. The molecule has 0 saturated carbocycles. The lowest BCUT2D eigenvalue weighted by atomic mass is 10.1. The highest BCUT2D eigenvalue weighted by molar-refractivity contribution is 9.10. The minimum Gasteiger partial charge on any atom is -0.389 e. The summed E-state index contributed by atoms with van der Waals surface area (Å²) in [5.74, 6) is 0. The molecule has 0 heterocycles. The quantitative estimate of drug-likeness (QED) is 0.845. The molecule has 20 heavy (non-hydrogen) atoms. The predicted octanol–water partition coefficient (Wildman–Crippen LogP) is 4.03. The van der Waals surface area contributed by atoms with Crippen LogP contribution in [0.15, 0.2) is 46.9 Å². The fourth-order valence-electron chi connectivity index (χ4n) is 2.00. The van der Waals surface area contributed by atoms with Crippen molar-refractivity contribution in [2.75, 3.05) is 11.9 Å². The summed E-state index contributed by atoms with van der Waals surface area (Å²) in [4.78, 5) is 2.60. The Morgan fingerprint density at radius 1 is 1.20 bits per heavy atom. The lowest BCUT2D eigenvalue weighted by Crippen LogP contribution is -2.17. The minimum atomic E-state index is 0.407. The van der Waals surface area contributed by atoms with Gasteiger partial charge in [-0.05, 0) is 46.6 Å². The average Bonchev–Trinajstić information content (AvgIpc) is 2.40. The van der Waals surface area contributed by atoms with E-state index >= 15 is 0 Å². The summed E-state index contributed by atoms with van der Waals surface area (Å²) in [6.07, 6.45) is 0. The molecule has 0 spiro atoms. The third-order valence-corrected chi connectivity index (χ3v) is 4.08. The molecule has 0 unspecified atom stereocenters. The highest BCUT2D eigenvalue weighted by Crippen LogP contribution is 2.24. The summed E-state index contributed by atoms with van der Waals surface area (Å²) >= 11 is 8.53. The number of halogens is 1. The number of nitrogens with zero attached hydrogens (tertiary/aromatic N) is 1. The molecule has 0 aliphatic carbocycles. The van der Waals surface area contributed by atoms with Gasteiger partial charge in [0, 0.05) is 29.3 Å². The molecule has 2 aromatic carbocycles. The van der Waals surface area contributed by atoms with E-state index in [9.17, 15) is 0 Å². The summed E-state index contributed by atoms with van der Waals surface area (Å²) in [6.45, 7) is 2.96. The predicted molar refractivity (Wildman–Crippen MR) is 93.3 cm³/mol. The molecule has 0 fully saturated rings. The second-order valence-electron chi connectivity index (χ2n) is 4.87. The van der Waals surface area contributed by atoms with Crippen LogP contribution in [0.4, 0.5) is 5.69 Å². The van der Waals surface area contributed by atoms with Gasteiger partial charge in [0.05, 0.1) is 0 Å². The standard InChI is InChI=1S/C16H17BrN2S/c1-11-3-5-12(6-4-11)10-19(2)13-7-8-14(16(18)20)15(17)9-13/h3-9H,10H2,1-2H3,(H2,18,20). The van der Waals surface area contributed by atoms with Crippen molar-refractivity contribution in [3.63, 3.8) is 0 Å². The monoisotopic (exact) mass is 348 g/mol. The van der Waals surface area contributed by atoms with Gasteiger partial charge < -0.3 is 10.6 Å². The molecule has 0 aliphatic heterocycles. The number of rotatable bonds is 4. The number of nitrogens with two attached hydrogens (primary N) is 1. The zero-order valence-electron chi connectivity index (χ0n) is 11.6. The molecule has 2 aromatic rings. The molecule has 2 N–H and O–H groups in total. The first-order valence-electron chi connectivity index (χ1n) is 6.33. The molecule has 104 valence electrons. The second-order valence-corrected chi connectivity index (χ2v) is 6.16. The van der Waals surface area contributed by atoms with Gasteiger partial charge in [0.25, 0.3) is 0 Å². The van der Waals surface area contributed by atoms with Gasteiger partial charge in [-0.15, -0.1) is 0 Å². The van der Waals surface area contributed by atoms with Crippen LogP contribution >= 0.6 is 28.1 Å². The van der Waals surface area contributed by atoms with Crippen LogP contribution in [0.3, 0.4) is 0 Å². The van der Waals surface area contributed by atoms with Gasteiger partial charge in [0.15, 0.2) is 0 Å². The Kier molecular flexibility index (Phi) is 4.78. The molecule has 4 heteroatoms. The van der Waals surface area contributed by atoms with Crippen molar-refractivity contribution in [1.82, 2.24) is 0 Å². The van der Waals surface area contributed by atoms with Crippen molar-refractivity contribution in [3.8, 4) is 0 Å². The van der Waals surface area contributed by atoms with Crippen molar-refractivity contribution in [1.29, 1.82) is 0 Å². The number of aryl methyl sites for hydroxylation is 1. The highest BCUT2D eigenvalue weighted by Gasteiger charge is 2.07. The van der Waals surface area contributed by atoms with Crippen molar-refractivity contribution in [2.24, 2.45) is 5.73 Å². The summed E-state index contributed by atoms with van der Waals surface area (Å²) < 4.78 is 0.929.